The predicted molar refractivity (Wildman–Crippen MR) is 83.6 cm³/mol. The topological polar surface area (TPSA) is 12.0 Å². The van der Waals surface area contributed by atoms with E-state index in [-0.39, 0.29) is 6.04 Å². The fourth-order valence-electron chi connectivity index (χ4n) is 2.50. The van der Waals surface area contributed by atoms with E-state index in [1.54, 1.807) is 11.3 Å². The number of hydrogen-bond donors (Lipinski definition) is 1. The van der Waals surface area contributed by atoms with Crippen LogP contribution in [0.15, 0.2) is 28.1 Å². The molecule has 1 heterocycles. The Labute approximate surface area is 121 Å². The second kappa shape index (κ2) is 5.55. The summed E-state index contributed by atoms with van der Waals surface area (Å²) in [7, 11) is 2.02. The Hall–Kier alpha value is -0.640. The summed E-state index contributed by atoms with van der Waals surface area (Å²) in [6.45, 7) is 6.53. The molecule has 1 atom stereocenters. The number of thiophene rings is 1. The monoisotopic (exact) mass is 323 g/mol. The van der Waals surface area contributed by atoms with Crippen molar-refractivity contribution >= 4 is 27.3 Å². The molecular formula is C15H18BrNS. The molecule has 0 aliphatic rings. The van der Waals surface area contributed by atoms with E-state index < -0.39 is 0 Å². The number of hydrogen-bond acceptors (Lipinski definition) is 2. The van der Waals surface area contributed by atoms with Crippen molar-refractivity contribution in [2.24, 2.45) is 0 Å². The highest BCUT2D eigenvalue weighted by Crippen LogP contribution is 2.35. The molecule has 1 aromatic carbocycles. The molecule has 0 fully saturated rings. The van der Waals surface area contributed by atoms with Crippen LogP contribution in [0.4, 0.5) is 0 Å². The summed E-state index contributed by atoms with van der Waals surface area (Å²) in [4.78, 5) is 1.36. The summed E-state index contributed by atoms with van der Waals surface area (Å²) in [6.07, 6.45) is 0. The third-order valence-corrected chi connectivity index (χ3v) is 5.50. The van der Waals surface area contributed by atoms with Crippen molar-refractivity contribution in [2.75, 3.05) is 7.05 Å². The summed E-state index contributed by atoms with van der Waals surface area (Å²) in [5.41, 5.74) is 5.37. The Morgan fingerprint density at radius 1 is 1.22 bits per heavy atom. The van der Waals surface area contributed by atoms with Gasteiger partial charge in [0.2, 0.25) is 0 Å². The molecule has 0 spiro atoms. The van der Waals surface area contributed by atoms with Gasteiger partial charge in [-0.15, -0.1) is 11.3 Å². The SMILES string of the molecule is CNC(c1cccs1)c1c(C)cc(C)c(Br)c1C. The first kappa shape index (κ1) is 13.8. The third-order valence-electron chi connectivity index (χ3n) is 3.34. The molecule has 1 nitrogen and oxygen atoms in total. The fraction of sp³-hybridized carbons (Fsp3) is 0.333. The average molecular weight is 324 g/mol. The summed E-state index contributed by atoms with van der Waals surface area (Å²) in [5.74, 6) is 0. The van der Waals surface area contributed by atoms with Crippen molar-refractivity contribution in [2.45, 2.75) is 26.8 Å². The quantitative estimate of drug-likeness (QED) is 0.859. The van der Waals surface area contributed by atoms with Crippen LogP contribution < -0.4 is 5.32 Å². The van der Waals surface area contributed by atoms with Gasteiger partial charge in [0.15, 0.2) is 0 Å². The lowest BCUT2D eigenvalue weighted by molar-refractivity contribution is 0.694. The molecule has 0 bridgehead atoms. The maximum Gasteiger partial charge on any atom is 0.0674 e. The first-order chi connectivity index (χ1) is 8.56. The number of aryl methyl sites for hydroxylation is 2. The Balaban J connectivity index is 2.59. The molecule has 0 radical (unpaired) electrons. The van der Waals surface area contributed by atoms with E-state index in [9.17, 15) is 0 Å². The Morgan fingerprint density at radius 3 is 2.50 bits per heavy atom. The number of rotatable bonds is 3. The van der Waals surface area contributed by atoms with Crippen molar-refractivity contribution in [3.05, 3.63) is 55.2 Å². The van der Waals surface area contributed by atoms with Gasteiger partial charge in [0.1, 0.15) is 0 Å². The lowest BCUT2D eigenvalue weighted by Gasteiger charge is -2.22. The summed E-state index contributed by atoms with van der Waals surface area (Å²) >= 11 is 5.50. The minimum absolute atomic E-state index is 0.280. The van der Waals surface area contributed by atoms with Gasteiger partial charge in [-0.25, -0.2) is 0 Å². The molecule has 2 aromatic rings. The molecule has 0 amide bonds. The van der Waals surface area contributed by atoms with Gasteiger partial charge < -0.3 is 5.32 Å². The minimum Gasteiger partial charge on any atom is -0.309 e. The molecule has 96 valence electrons. The van der Waals surface area contributed by atoms with Gasteiger partial charge in [-0.1, -0.05) is 28.1 Å². The molecular weight excluding hydrogens is 306 g/mol. The van der Waals surface area contributed by atoms with Gasteiger partial charge >= 0.3 is 0 Å². The summed E-state index contributed by atoms with van der Waals surface area (Å²) in [5, 5.41) is 5.57. The van der Waals surface area contributed by atoms with Gasteiger partial charge in [-0.05, 0) is 61.5 Å². The molecule has 0 saturated heterocycles. The van der Waals surface area contributed by atoms with E-state index >= 15 is 0 Å². The van der Waals surface area contributed by atoms with E-state index in [0.717, 1.165) is 0 Å². The molecule has 2 rings (SSSR count). The average Bonchev–Trinajstić information content (AvgIpc) is 2.85. The van der Waals surface area contributed by atoms with Gasteiger partial charge in [0, 0.05) is 9.35 Å². The van der Waals surface area contributed by atoms with Crippen LogP contribution in [0.5, 0.6) is 0 Å². The second-order valence-electron chi connectivity index (χ2n) is 4.60. The van der Waals surface area contributed by atoms with E-state index in [1.165, 1.54) is 31.6 Å². The zero-order valence-corrected chi connectivity index (χ0v) is 13.6. The zero-order chi connectivity index (χ0) is 13.3. The molecule has 1 N–H and O–H groups in total. The lowest BCUT2D eigenvalue weighted by atomic mass is 9.93. The van der Waals surface area contributed by atoms with Crippen LogP contribution in [0.25, 0.3) is 0 Å². The van der Waals surface area contributed by atoms with Crippen LogP contribution in [-0.2, 0) is 0 Å². The Kier molecular flexibility index (Phi) is 4.25. The predicted octanol–water partition coefficient (Wildman–Crippen LogP) is 4.74. The standard InChI is InChI=1S/C15H18BrNS/c1-9-8-10(2)14(16)11(3)13(9)15(17-4)12-6-5-7-18-12/h5-8,15,17H,1-4H3. The lowest BCUT2D eigenvalue weighted by Crippen LogP contribution is -2.19. The highest BCUT2D eigenvalue weighted by atomic mass is 79.9. The van der Waals surface area contributed by atoms with Gasteiger partial charge in [0.25, 0.3) is 0 Å². The molecule has 18 heavy (non-hydrogen) atoms. The maximum absolute atomic E-state index is 3.70. The maximum atomic E-state index is 3.70. The first-order valence-corrected chi connectivity index (χ1v) is 7.70. The van der Waals surface area contributed by atoms with Crippen molar-refractivity contribution in [1.29, 1.82) is 0 Å². The van der Waals surface area contributed by atoms with E-state index in [0.29, 0.717) is 0 Å². The fourth-order valence-corrected chi connectivity index (χ4v) is 3.68. The summed E-state index contributed by atoms with van der Waals surface area (Å²) < 4.78 is 1.22. The minimum atomic E-state index is 0.280. The van der Waals surface area contributed by atoms with Crippen molar-refractivity contribution in [1.82, 2.24) is 5.32 Å². The zero-order valence-electron chi connectivity index (χ0n) is 11.2. The second-order valence-corrected chi connectivity index (χ2v) is 6.37. The van der Waals surface area contributed by atoms with E-state index in [4.69, 9.17) is 0 Å². The summed E-state index contributed by atoms with van der Waals surface area (Å²) in [6, 6.07) is 6.84. The van der Waals surface area contributed by atoms with Crippen LogP contribution in [-0.4, -0.2) is 7.05 Å². The Bertz CT molecular complexity index is 546. The van der Waals surface area contributed by atoms with Crippen LogP contribution in [0, 0.1) is 20.8 Å². The van der Waals surface area contributed by atoms with Gasteiger partial charge in [-0.2, -0.15) is 0 Å². The van der Waals surface area contributed by atoms with Crippen LogP contribution in [0.3, 0.4) is 0 Å². The van der Waals surface area contributed by atoms with Crippen molar-refractivity contribution in [3.63, 3.8) is 0 Å². The highest BCUT2D eigenvalue weighted by molar-refractivity contribution is 9.10. The number of nitrogens with one attached hydrogen (secondary N) is 1. The van der Waals surface area contributed by atoms with Gasteiger partial charge in [0.05, 0.1) is 6.04 Å². The molecule has 0 saturated carbocycles. The smallest absolute Gasteiger partial charge is 0.0674 e. The molecule has 1 unspecified atom stereocenters. The first-order valence-electron chi connectivity index (χ1n) is 6.03. The molecule has 0 aliphatic heterocycles. The highest BCUT2D eigenvalue weighted by Gasteiger charge is 2.19. The number of benzene rings is 1. The van der Waals surface area contributed by atoms with Crippen LogP contribution in [0.2, 0.25) is 0 Å². The normalized spacial score (nSPS) is 12.7. The molecule has 3 heteroatoms. The molecule has 0 aliphatic carbocycles. The van der Waals surface area contributed by atoms with Crippen LogP contribution in [0.1, 0.15) is 33.2 Å². The van der Waals surface area contributed by atoms with Gasteiger partial charge in [-0.3, -0.25) is 0 Å². The largest absolute Gasteiger partial charge is 0.309 e. The van der Waals surface area contributed by atoms with Crippen LogP contribution >= 0.6 is 27.3 Å². The van der Waals surface area contributed by atoms with E-state index in [2.05, 4.69) is 65.6 Å². The third kappa shape index (κ3) is 2.40. The van der Waals surface area contributed by atoms with Crippen molar-refractivity contribution in [3.8, 4) is 0 Å². The molecule has 1 aromatic heterocycles. The Morgan fingerprint density at radius 2 is 1.94 bits per heavy atom. The number of halogens is 1. The van der Waals surface area contributed by atoms with E-state index in [1.807, 2.05) is 7.05 Å². The van der Waals surface area contributed by atoms with Crippen molar-refractivity contribution < 1.29 is 0 Å².